The van der Waals surface area contributed by atoms with Gasteiger partial charge in [0.25, 0.3) is 0 Å². The molecule has 0 aliphatic carbocycles. The predicted octanol–water partition coefficient (Wildman–Crippen LogP) is 0.969. The fourth-order valence-corrected chi connectivity index (χ4v) is 1.71. The summed E-state index contributed by atoms with van der Waals surface area (Å²) in [4.78, 5) is 13.8. The van der Waals surface area contributed by atoms with Crippen LogP contribution < -0.4 is 0 Å². The topological polar surface area (TPSA) is 45.4 Å². The van der Waals surface area contributed by atoms with Gasteiger partial charge in [-0.3, -0.25) is 4.79 Å². The lowest BCUT2D eigenvalue weighted by Crippen LogP contribution is -2.43. The number of hydrogen-bond donors (Lipinski definition) is 0. The maximum absolute atomic E-state index is 12.0. The molecule has 2 heterocycles. The Bertz CT molecular complexity index is 309. The number of carbonyl (C=O) groups excluding carboxylic acids is 1. The van der Waals surface area contributed by atoms with Crippen molar-refractivity contribution in [3.63, 3.8) is 0 Å². The standard InChI is InChI=1S/C12H19NO3/c1-9(2)10(14)13(5-11(3)7-15-11)6-12(4)8-16-12/h1,5-8H2,2-4H3. The van der Waals surface area contributed by atoms with E-state index in [-0.39, 0.29) is 17.1 Å². The van der Waals surface area contributed by atoms with Gasteiger partial charge in [-0.15, -0.1) is 0 Å². The van der Waals surface area contributed by atoms with Crippen molar-refractivity contribution in [3.8, 4) is 0 Å². The summed E-state index contributed by atoms with van der Waals surface area (Å²) in [6.45, 7) is 12.2. The van der Waals surface area contributed by atoms with E-state index in [1.807, 2.05) is 13.8 Å². The molecule has 0 bridgehead atoms. The third-order valence-electron chi connectivity index (χ3n) is 2.98. The average molecular weight is 225 g/mol. The maximum Gasteiger partial charge on any atom is 0.249 e. The molecule has 2 aliphatic heterocycles. The molecule has 2 atom stereocenters. The van der Waals surface area contributed by atoms with E-state index in [0.717, 1.165) is 13.2 Å². The minimum atomic E-state index is -0.156. The minimum absolute atomic E-state index is 0.00606. The lowest BCUT2D eigenvalue weighted by Gasteiger charge is -2.26. The molecule has 4 heteroatoms. The monoisotopic (exact) mass is 225 g/mol. The van der Waals surface area contributed by atoms with Crippen molar-refractivity contribution < 1.29 is 14.3 Å². The molecule has 2 saturated heterocycles. The molecule has 0 radical (unpaired) electrons. The van der Waals surface area contributed by atoms with Gasteiger partial charge in [0, 0.05) is 5.57 Å². The van der Waals surface area contributed by atoms with Crippen LogP contribution in [0.3, 0.4) is 0 Å². The van der Waals surface area contributed by atoms with Crippen molar-refractivity contribution in [2.24, 2.45) is 0 Å². The molecule has 2 fully saturated rings. The second-order valence-corrected chi connectivity index (χ2v) is 5.42. The number of epoxide rings is 2. The largest absolute Gasteiger partial charge is 0.368 e. The van der Waals surface area contributed by atoms with Crippen LogP contribution in [0.4, 0.5) is 0 Å². The molecule has 90 valence electrons. The smallest absolute Gasteiger partial charge is 0.249 e. The molecule has 0 aromatic rings. The highest BCUT2D eigenvalue weighted by atomic mass is 16.6. The van der Waals surface area contributed by atoms with Crippen LogP contribution in [0, 0.1) is 0 Å². The molecule has 0 aromatic carbocycles. The summed E-state index contributed by atoms with van der Waals surface area (Å²) in [5, 5.41) is 0. The van der Waals surface area contributed by atoms with Crippen LogP contribution in [0.5, 0.6) is 0 Å². The molecule has 0 saturated carbocycles. The van der Waals surface area contributed by atoms with Gasteiger partial charge in [-0.05, 0) is 20.8 Å². The normalized spacial score (nSPS) is 35.7. The van der Waals surface area contributed by atoms with E-state index in [9.17, 15) is 4.79 Å². The third-order valence-corrected chi connectivity index (χ3v) is 2.98. The SMILES string of the molecule is C=C(C)C(=O)N(CC1(C)CO1)CC1(C)CO1. The van der Waals surface area contributed by atoms with Gasteiger partial charge in [0.2, 0.25) is 5.91 Å². The summed E-state index contributed by atoms with van der Waals surface area (Å²) in [5.41, 5.74) is 0.251. The first kappa shape index (κ1) is 11.6. The molecule has 0 aromatic heterocycles. The van der Waals surface area contributed by atoms with E-state index in [1.54, 1.807) is 11.8 Å². The van der Waals surface area contributed by atoms with Gasteiger partial charge in [-0.2, -0.15) is 0 Å². The molecular formula is C12H19NO3. The Morgan fingerprint density at radius 3 is 1.88 bits per heavy atom. The van der Waals surface area contributed by atoms with Gasteiger partial charge >= 0.3 is 0 Å². The minimum Gasteiger partial charge on any atom is -0.368 e. The zero-order valence-corrected chi connectivity index (χ0v) is 10.2. The van der Waals surface area contributed by atoms with Gasteiger partial charge < -0.3 is 14.4 Å². The highest BCUT2D eigenvalue weighted by Crippen LogP contribution is 2.31. The van der Waals surface area contributed by atoms with Crippen molar-refractivity contribution >= 4 is 5.91 Å². The first-order chi connectivity index (χ1) is 7.34. The van der Waals surface area contributed by atoms with Crippen LogP contribution in [0.15, 0.2) is 12.2 Å². The Morgan fingerprint density at radius 2 is 1.62 bits per heavy atom. The number of rotatable bonds is 5. The molecule has 2 rings (SSSR count). The summed E-state index contributed by atoms with van der Waals surface area (Å²) >= 11 is 0. The molecule has 0 N–H and O–H groups in total. The number of nitrogens with zero attached hydrogens (tertiary/aromatic N) is 1. The number of ether oxygens (including phenoxy) is 2. The lowest BCUT2D eigenvalue weighted by molar-refractivity contribution is -0.128. The van der Waals surface area contributed by atoms with Crippen LogP contribution in [-0.4, -0.2) is 48.3 Å². The van der Waals surface area contributed by atoms with Gasteiger partial charge in [-0.25, -0.2) is 0 Å². The average Bonchev–Trinajstić information content (AvgIpc) is 3.07. The van der Waals surface area contributed by atoms with Crippen LogP contribution >= 0.6 is 0 Å². The summed E-state index contributed by atoms with van der Waals surface area (Å²) in [5.74, 6) is -0.00606. The highest BCUT2D eigenvalue weighted by molar-refractivity contribution is 5.92. The van der Waals surface area contributed by atoms with Gasteiger partial charge in [0.15, 0.2) is 0 Å². The van der Waals surface area contributed by atoms with Crippen molar-refractivity contribution in [2.75, 3.05) is 26.3 Å². The van der Waals surface area contributed by atoms with Gasteiger partial charge in [0.1, 0.15) is 11.2 Å². The zero-order valence-electron chi connectivity index (χ0n) is 10.2. The van der Waals surface area contributed by atoms with Crippen LogP contribution in [0.1, 0.15) is 20.8 Å². The molecule has 0 spiro atoms. The molecule has 4 nitrogen and oxygen atoms in total. The summed E-state index contributed by atoms with van der Waals surface area (Å²) in [6.07, 6.45) is 0. The maximum atomic E-state index is 12.0. The molecular weight excluding hydrogens is 206 g/mol. The number of amides is 1. The highest BCUT2D eigenvalue weighted by Gasteiger charge is 2.46. The molecule has 2 unspecified atom stereocenters. The van der Waals surface area contributed by atoms with E-state index in [0.29, 0.717) is 18.7 Å². The van der Waals surface area contributed by atoms with E-state index in [1.165, 1.54) is 0 Å². The number of hydrogen-bond acceptors (Lipinski definition) is 3. The second-order valence-electron chi connectivity index (χ2n) is 5.42. The van der Waals surface area contributed by atoms with Gasteiger partial charge in [0.05, 0.1) is 26.3 Å². The Labute approximate surface area is 96.2 Å². The van der Waals surface area contributed by atoms with E-state index in [2.05, 4.69) is 6.58 Å². The van der Waals surface area contributed by atoms with Crippen LogP contribution in [-0.2, 0) is 14.3 Å². The summed E-state index contributed by atoms with van der Waals surface area (Å²) < 4.78 is 10.7. The lowest BCUT2D eigenvalue weighted by atomic mass is 10.1. The third kappa shape index (κ3) is 2.62. The quantitative estimate of drug-likeness (QED) is 0.517. The van der Waals surface area contributed by atoms with Crippen molar-refractivity contribution in [1.29, 1.82) is 0 Å². The molecule has 1 amide bonds. The van der Waals surface area contributed by atoms with Crippen molar-refractivity contribution in [2.45, 2.75) is 32.0 Å². The molecule has 16 heavy (non-hydrogen) atoms. The Hall–Kier alpha value is -0.870. The van der Waals surface area contributed by atoms with E-state index < -0.39 is 0 Å². The first-order valence-corrected chi connectivity index (χ1v) is 5.56. The zero-order chi connectivity index (χ0) is 12.0. The van der Waals surface area contributed by atoms with E-state index >= 15 is 0 Å². The van der Waals surface area contributed by atoms with E-state index in [4.69, 9.17) is 9.47 Å². The van der Waals surface area contributed by atoms with Crippen LogP contribution in [0.25, 0.3) is 0 Å². The Balaban J connectivity index is 2.00. The van der Waals surface area contributed by atoms with Crippen LogP contribution in [0.2, 0.25) is 0 Å². The van der Waals surface area contributed by atoms with Crippen molar-refractivity contribution in [3.05, 3.63) is 12.2 Å². The Kier molecular flexibility index (Phi) is 2.59. The number of carbonyl (C=O) groups is 1. The fourth-order valence-electron chi connectivity index (χ4n) is 1.71. The fraction of sp³-hybridized carbons (Fsp3) is 0.750. The Morgan fingerprint density at radius 1 is 1.25 bits per heavy atom. The predicted molar refractivity (Wildman–Crippen MR) is 60.1 cm³/mol. The van der Waals surface area contributed by atoms with Crippen molar-refractivity contribution in [1.82, 2.24) is 4.90 Å². The molecule has 2 aliphatic rings. The summed E-state index contributed by atoms with van der Waals surface area (Å²) in [6, 6.07) is 0. The first-order valence-electron chi connectivity index (χ1n) is 5.56. The summed E-state index contributed by atoms with van der Waals surface area (Å²) in [7, 11) is 0. The second kappa shape index (κ2) is 3.57. The van der Waals surface area contributed by atoms with Gasteiger partial charge in [-0.1, -0.05) is 6.58 Å².